The van der Waals surface area contributed by atoms with E-state index in [0.717, 1.165) is 50.1 Å². The summed E-state index contributed by atoms with van der Waals surface area (Å²) in [7, 11) is 6.57. The molecule has 0 bridgehead atoms. The van der Waals surface area contributed by atoms with Gasteiger partial charge in [0.25, 0.3) is 0 Å². The fraction of sp³-hybridized carbons (Fsp3) is 0.619. The second-order valence-corrected chi connectivity index (χ2v) is 7.94. The number of rotatable bonds is 6. The minimum absolute atomic E-state index is 0.718. The minimum Gasteiger partial charge on any atom is -0.459 e. The molecule has 0 saturated carbocycles. The largest absolute Gasteiger partial charge is 0.459 e. The van der Waals surface area contributed by atoms with E-state index >= 15 is 0 Å². The van der Waals surface area contributed by atoms with E-state index in [0.29, 0.717) is 0 Å². The highest BCUT2D eigenvalue weighted by Crippen LogP contribution is 2.28. The van der Waals surface area contributed by atoms with Crippen LogP contribution in [-0.4, -0.2) is 68.1 Å². The molecule has 1 aliphatic rings. The Morgan fingerprint density at radius 2 is 1.80 bits per heavy atom. The van der Waals surface area contributed by atoms with Gasteiger partial charge in [0.2, 0.25) is 0 Å². The summed E-state index contributed by atoms with van der Waals surface area (Å²) in [5.41, 5.74) is 3.60. The van der Waals surface area contributed by atoms with Gasteiger partial charge in [-0.05, 0) is 65.0 Å². The number of likely N-dealkylation sites (tertiary alicyclic amines) is 1. The molecule has 3 rings (SSSR count). The Labute approximate surface area is 152 Å². The first-order chi connectivity index (χ1) is 11.9. The summed E-state index contributed by atoms with van der Waals surface area (Å²) < 4.78 is 6.16. The van der Waals surface area contributed by atoms with E-state index < -0.39 is 0 Å². The molecule has 0 atom stereocenters. The number of likely N-dealkylation sites (N-methyl/N-ethyl adjacent to an activating group) is 2. The quantitative estimate of drug-likeness (QED) is 0.800. The summed E-state index contributed by atoms with van der Waals surface area (Å²) in [6.07, 6.45) is 2.50. The van der Waals surface area contributed by atoms with E-state index in [9.17, 15) is 0 Å². The topological polar surface area (TPSA) is 22.9 Å². The van der Waals surface area contributed by atoms with Crippen LogP contribution < -0.4 is 0 Å². The molecule has 25 heavy (non-hydrogen) atoms. The van der Waals surface area contributed by atoms with Gasteiger partial charge >= 0.3 is 0 Å². The molecule has 1 aromatic heterocycles. The molecular weight excluding hydrogens is 310 g/mol. The lowest BCUT2D eigenvalue weighted by Crippen LogP contribution is -2.44. The van der Waals surface area contributed by atoms with Gasteiger partial charge in [-0.15, -0.1) is 0 Å². The van der Waals surface area contributed by atoms with Crippen molar-refractivity contribution >= 4 is 11.0 Å². The minimum atomic E-state index is 0.718. The third-order valence-electron chi connectivity index (χ3n) is 5.64. The molecule has 1 aliphatic heterocycles. The summed E-state index contributed by atoms with van der Waals surface area (Å²) in [5, 5.41) is 1.26. The van der Waals surface area contributed by atoms with Crippen molar-refractivity contribution in [3.05, 3.63) is 35.1 Å². The molecule has 0 unspecified atom stereocenters. The number of fused-ring (bicyclic) bond motifs is 1. The number of benzene rings is 1. The first-order valence-corrected chi connectivity index (χ1v) is 9.50. The molecule has 0 aliphatic carbocycles. The monoisotopic (exact) mass is 343 g/mol. The number of furan rings is 1. The highest BCUT2D eigenvalue weighted by molar-refractivity contribution is 5.82. The average Bonchev–Trinajstić information content (AvgIpc) is 2.88. The van der Waals surface area contributed by atoms with Crippen molar-refractivity contribution in [1.29, 1.82) is 0 Å². The van der Waals surface area contributed by atoms with Gasteiger partial charge < -0.3 is 14.2 Å². The van der Waals surface area contributed by atoms with Crippen LogP contribution in [-0.2, 0) is 6.54 Å². The van der Waals surface area contributed by atoms with Crippen molar-refractivity contribution in [2.24, 2.45) is 0 Å². The zero-order valence-corrected chi connectivity index (χ0v) is 16.5. The Balaban J connectivity index is 1.56. The third kappa shape index (κ3) is 4.43. The normalized spacial score (nSPS) is 17.2. The summed E-state index contributed by atoms with van der Waals surface area (Å²) in [6, 6.07) is 7.23. The van der Waals surface area contributed by atoms with Crippen LogP contribution in [0.2, 0.25) is 0 Å². The van der Waals surface area contributed by atoms with Gasteiger partial charge in [0.1, 0.15) is 11.3 Å². The molecule has 4 heteroatoms. The van der Waals surface area contributed by atoms with Crippen molar-refractivity contribution < 1.29 is 4.42 Å². The molecule has 1 fully saturated rings. The smallest absolute Gasteiger partial charge is 0.134 e. The van der Waals surface area contributed by atoms with Gasteiger partial charge in [0.05, 0.1) is 6.54 Å². The van der Waals surface area contributed by atoms with Crippen molar-refractivity contribution in [3.8, 4) is 0 Å². The van der Waals surface area contributed by atoms with Crippen LogP contribution in [0.15, 0.2) is 22.6 Å². The highest BCUT2D eigenvalue weighted by Gasteiger charge is 2.23. The van der Waals surface area contributed by atoms with E-state index in [4.69, 9.17) is 4.42 Å². The standard InChI is InChI=1S/C21H33N3O/c1-16-6-7-19-17(2)21(25-20(19)14-16)15-24-10-8-18(9-11-24)23(5)13-12-22(3)4/h6-7,14,18H,8-13,15H2,1-5H3. The van der Waals surface area contributed by atoms with Crippen molar-refractivity contribution in [1.82, 2.24) is 14.7 Å². The molecule has 2 heterocycles. The summed E-state index contributed by atoms with van der Waals surface area (Å²) in [5.74, 6) is 1.14. The van der Waals surface area contributed by atoms with Crippen molar-refractivity contribution in [2.75, 3.05) is 47.3 Å². The van der Waals surface area contributed by atoms with Crippen molar-refractivity contribution in [3.63, 3.8) is 0 Å². The maximum Gasteiger partial charge on any atom is 0.134 e. The fourth-order valence-electron chi connectivity index (χ4n) is 3.80. The Hall–Kier alpha value is -1.36. The van der Waals surface area contributed by atoms with E-state index in [1.165, 1.54) is 29.4 Å². The molecule has 4 nitrogen and oxygen atoms in total. The van der Waals surface area contributed by atoms with Gasteiger partial charge in [-0.2, -0.15) is 0 Å². The van der Waals surface area contributed by atoms with Crippen LogP contribution in [0, 0.1) is 13.8 Å². The maximum absolute atomic E-state index is 6.16. The maximum atomic E-state index is 6.16. The van der Waals surface area contributed by atoms with Crippen LogP contribution in [0.4, 0.5) is 0 Å². The van der Waals surface area contributed by atoms with E-state index in [-0.39, 0.29) is 0 Å². The van der Waals surface area contributed by atoms with Gasteiger partial charge in [0, 0.05) is 37.6 Å². The molecule has 138 valence electrons. The number of hydrogen-bond donors (Lipinski definition) is 0. The van der Waals surface area contributed by atoms with Gasteiger partial charge in [-0.25, -0.2) is 0 Å². The average molecular weight is 344 g/mol. The van der Waals surface area contributed by atoms with Crippen LogP contribution >= 0.6 is 0 Å². The van der Waals surface area contributed by atoms with Gasteiger partial charge in [0.15, 0.2) is 0 Å². The number of aryl methyl sites for hydroxylation is 2. The Morgan fingerprint density at radius 1 is 1.08 bits per heavy atom. The SMILES string of the molecule is Cc1ccc2c(C)c(CN3CCC(N(C)CCN(C)C)CC3)oc2c1. The second-order valence-electron chi connectivity index (χ2n) is 7.94. The molecule has 2 aromatic rings. The van der Waals surface area contributed by atoms with E-state index in [2.05, 4.69) is 67.9 Å². The summed E-state index contributed by atoms with van der Waals surface area (Å²) in [6.45, 7) is 9.85. The molecule has 0 radical (unpaired) electrons. The van der Waals surface area contributed by atoms with Crippen LogP contribution in [0.3, 0.4) is 0 Å². The third-order valence-corrected chi connectivity index (χ3v) is 5.64. The molecule has 0 spiro atoms. The summed E-state index contributed by atoms with van der Waals surface area (Å²) >= 11 is 0. The van der Waals surface area contributed by atoms with Crippen molar-refractivity contribution in [2.45, 2.75) is 39.3 Å². The molecule has 1 saturated heterocycles. The Kier molecular flexibility index (Phi) is 5.82. The van der Waals surface area contributed by atoms with Gasteiger partial charge in [-0.1, -0.05) is 12.1 Å². The predicted octanol–water partition coefficient (Wildman–Crippen LogP) is 3.51. The Morgan fingerprint density at radius 3 is 2.48 bits per heavy atom. The lowest BCUT2D eigenvalue weighted by atomic mass is 10.0. The fourth-order valence-corrected chi connectivity index (χ4v) is 3.80. The lowest BCUT2D eigenvalue weighted by Gasteiger charge is -2.36. The summed E-state index contributed by atoms with van der Waals surface area (Å²) in [4.78, 5) is 7.35. The Bertz CT molecular complexity index is 698. The first-order valence-electron chi connectivity index (χ1n) is 9.50. The zero-order chi connectivity index (χ0) is 18.0. The molecule has 1 aromatic carbocycles. The molecule has 0 amide bonds. The first kappa shape index (κ1) is 18.4. The molecule has 0 N–H and O–H groups in total. The van der Waals surface area contributed by atoms with Crippen LogP contribution in [0.5, 0.6) is 0 Å². The second kappa shape index (κ2) is 7.90. The number of nitrogens with zero attached hydrogens (tertiary/aromatic N) is 3. The van der Waals surface area contributed by atoms with Crippen LogP contribution in [0.25, 0.3) is 11.0 Å². The highest BCUT2D eigenvalue weighted by atomic mass is 16.3. The lowest BCUT2D eigenvalue weighted by molar-refractivity contribution is 0.114. The van der Waals surface area contributed by atoms with E-state index in [1.807, 2.05) is 0 Å². The predicted molar refractivity (Wildman–Crippen MR) is 105 cm³/mol. The number of piperidine rings is 1. The van der Waals surface area contributed by atoms with Gasteiger partial charge in [-0.3, -0.25) is 4.90 Å². The zero-order valence-electron chi connectivity index (χ0n) is 16.5. The van der Waals surface area contributed by atoms with Crippen LogP contribution in [0.1, 0.15) is 29.7 Å². The number of hydrogen-bond acceptors (Lipinski definition) is 4. The molecular formula is C21H33N3O. The van der Waals surface area contributed by atoms with E-state index in [1.54, 1.807) is 0 Å².